The van der Waals surface area contributed by atoms with Crippen molar-refractivity contribution in [2.45, 2.75) is 19.4 Å². The molecule has 2 rings (SSSR count). The van der Waals surface area contributed by atoms with Crippen LogP contribution in [0.3, 0.4) is 0 Å². The quantitative estimate of drug-likeness (QED) is 0.706. The van der Waals surface area contributed by atoms with Crippen molar-refractivity contribution in [2.24, 2.45) is 0 Å². The van der Waals surface area contributed by atoms with E-state index in [0.717, 1.165) is 0 Å². The van der Waals surface area contributed by atoms with E-state index in [1.807, 2.05) is 0 Å². The Balaban J connectivity index is 2.19. The van der Waals surface area contributed by atoms with E-state index in [1.165, 1.54) is 13.3 Å². The van der Waals surface area contributed by atoms with Crippen LogP contribution in [0.4, 0.5) is 11.5 Å². The second kappa shape index (κ2) is 4.36. The third-order valence-corrected chi connectivity index (χ3v) is 2.39. The zero-order valence-electron chi connectivity index (χ0n) is 9.48. The number of aryl methyl sites for hydroxylation is 1. The second-order valence-corrected chi connectivity index (χ2v) is 3.65. The molecule has 0 aliphatic carbocycles. The molecule has 7 nitrogen and oxygen atoms in total. The van der Waals surface area contributed by atoms with Crippen molar-refractivity contribution in [3.8, 4) is 0 Å². The highest BCUT2D eigenvalue weighted by molar-refractivity contribution is 6.03. The normalized spacial score (nSPS) is 17.8. The largest absolute Gasteiger partial charge is 0.469 e. The minimum absolute atomic E-state index is 0.0369. The molecule has 0 spiro atoms. The lowest BCUT2D eigenvalue weighted by molar-refractivity contribution is -0.142. The number of carbonyl (C=O) groups is 2. The third-order valence-electron chi connectivity index (χ3n) is 2.39. The summed E-state index contributed by atoms with van der Waals surface area (Å²) in [4.78, 5) is 30.9. The molecule has 17 heavy (non-hydrogen) atoms. The summed E-state index contributed by atoms with van der Waals surface area (Å²) >= 11 is 0. The van der Waals surface area contributed by atoms with Crippen LogP contribution in [0.15, 0.2) is 6.20 Å². The van der Waals surface area contributed by atoms with E-state index in [0.29, 0.717) is 17.3 Å². The molecule has 0 aromatic carbocycles. The molecular formula is C10H12N4O3. The number of ether oxygens (including phenoxy) is 1. The van der Waals surface area contributed by atoms with Gasteiger partial charge in [-0.25, -0.2) is 9.97 Å². The van der Waals surface area contributed by atoms with Crippen LogP contribution < -0.4 is 10.6 Å². The number of nitrogens with one attached hydrogen (secondary N) is 2. The smallest absolute Gasteiger partial charge is 0.308 e. The Morgan fingerprint density at radius 1 is 1.59 bits per heavy atom. The highest BCUT2D eigenvalue weighted by Gasteiger charge is 2.28. The number of esters is 1. The maximum Gasteiger partial charge on any atom is 0.308 e. The first kappa shape index (κ1) is 11.3. The van der Waals surface area contributed by atoms with Gasteiger partial charge in [0.05, 0.1) is 19.7 Å². The lowest BCUT2D eigenvalue weighted by Crippen LogP contribution is -2.41. The fourth-order valence-corrected chi connectivity index (χ4v) is 1.52. The molecule has 0 fully saturated rings. The molecule has 2 N–H and O–H groups in total. The minimum atomic E-state index is -0.663. The second-order valence-electron chi connectivity index (χ2n) is 3.65. The molecule has 1 aromatic heterocycles. The van der Waals surface area contributed by atoms with Crippen LogP contribution in [-0.4, -0.2) is 35.0 Å². The first-order valence-corrected chi connectivity index (χ1v) is 5.08. The van der Waals surface area contributed by atoms with Crippen LogP contribution in [0.1, 0.15) is 12.2 Å². The number of methoxy groups -OCH3 is 1. The maximum absolute atomic E-state index is 11.7. The summed E-state index contributed by atoms with van der Waals surface area (Å²) in [5, 5.41) is 5.52. The van der Waals surface area contributed by atoms with Gasteiger partial charge in [0.1, 0.15) is 17.6 Å². The van der Waals surface area contributed by atoms with E-state index >= 15 is 0 Å². The number of aromatic nitrogens is 2. The Morgan fingerprint density at radius 3 is 3.06 bits per heavy atom. The van der Waals surface area contributed by atoms with Gasteiger partial charge in [0.2, 0.25) is 5.91 Å². The van der Waals surface area contributed by atoms with Gasteiger partial charge in [0.25, 0.3) is 0 Å². The number of hydrogen-bond acceptors (Lipinski definition) is 6. The van der Waals surface area contributed by atoms with Crippen molar-refractivity contribution >= 4 is 23.4 Å². The molecule has 7 heteroatoms. The highest BCUT2D eigenvalue weighted by Crippen LogP contribution is 2.24. The summed E-state index contributed by atoms with van der Waals surface area (Å²) in [5.74, 6) is 0.359. The Morgan fingerprint density at radius 2 is 2.35 bits per heavy atom. The average molecular weight is 236 g/mol. The summed E-state index contributed by atoms with van der Waals surface area (Å²) in [7, 11) is 1.28. The molecular weight excluding hydrogens is 224 g/mol. The molecule has 1 aromatic rings. The Bertz CT molecular complexity index is 475. The molecule has 1 aliphatic rings. The van der Waals surface area contributed by atoms with E-state index in [1.54, 1.807) is 6.92 Å². The molecule has 2 heterocycles. The number of fused-ring (bicyclic) bond motifs is 1. The molecule has 1 unspecified atom stereocenters. The van der Waals surface area contributed by atoms with Gasteiger partial charge in [-0.3, -0.25) is 9.59 Å². The van der Waals surface area contributed by atoms with Crippen LogP contribution in [0.25, 0.3) is 0 Å². The van der Waals surface area contributed by atoms with Crippen LogP contribution in [0, 0.1) is 6.92 Å². The summed E-state index contributed by atoms with van der Waals surface area (Å²) in [6.45, 7) is 1.74. The average Bonchev–Trinajstić information content (AvgIpc) is 2.30. The van der Waals surface area contributed by atoms with Gasteiger partial charge in [-0.2, -0.15) is 0 Å². The molecule has 0 bridgehead atoms. The predicted octanol–water partition coefficient (Wildman–Crippen LogP) is 0.0807. The Labute approximate surface area is 97.6 Å². The molecule has 1 atom stereocenters. The lowest BCUT2D eigenvalue weighted by Gasteiger charge is -2.24. The highest BCUT2D eigenvalue weighted by atomic mass is 16.5. The predicted molar refractivity (Wildman–Crippen MR) is 59.4 cm³/mol. The van der Waals surface area contributed by atoms with E-state index in [-0.39, 0.29) is 12.3 Å². The SMILES string of the molecule is COC(=O)CC1Nc2nc(C)ncc2NC1=O. The van der Waals surface area contributed by atoms with Crippen LogP contribution in [0.5, 0.6) is 0 Å². The van der Waals surface area contributed by atoms with E-state index < -0.39 is 12.0 Å². The number of carbonyl (C=O) groups excluding carboxylic acids is 2. The van der Waals surface area contributed by atoms with Gasteiger partial charge in [-0.1, -0.05) is 0 Å². The van der Waals surface area contributed by atoms with E-state index in [4.69, 9.17) is 0 Å². The summed E-state index contributed by atoms with van der Waals surface area (Å²) in [6, 6.07) is -0.663. The standard InChI is InChI=1S/C10H12N4O3/c1-5-11-4-7-9(12-5)13-6(10(16)14-7)3-8(15)17-2/h4,6H,3H2,1-2H3,(H,14,16)(H,11,12,13). The fourth-order valence-electron chi connectivity index (χ4n) is 1.52. The molecule has 0 radical (unpaired) electrons. The molecule has 0 saturated heterocycles. The van der Waals surface area contributed by atoms with E-state index in [2.05, 4.69) is 25.3 Å². The van der Waals surface area contributed by atoms with Gasteiger partial charge in [0.15, 0.2) is 5.82 Å². The van der Waals surface area contributed by atoms with Crippen molar-refractivity contribution in [3.63, 3.8) is 0 Å². The lowest BCUT2D eigenvalue weighted by atomic mass is 10.1. The number of hydrogen-bond donors (Lipinski definition) is 2. The van der Waals surface area contributed by atoms with Gasteiger partial charge in [0, 0.05) is 0 Å². The van der Waals surface area contributed by atoms with Gasteiger partial charge < -0.3 is 15.4 Å². The summed E-state index contributed by atoms with van der Waals surface area (Å²) in [5.41, 5.74) is 0.515. The first-order chi connectivity index (χ1) is 8.10. The number of rotatable bonds is 2. The number of amides is 1. The van der Waals surface area contributed by atoms with Crippen LogP contribution in [0.2, 0.25) is 0 Å². The van der Waals surface area contributed by atoms with Crippen molar-refractivity contribution < 1.29 is 14.3 Å². The minimum Gasteiger partial charge on any atom is -0.469 e. The third kappa shape index (κ3) is 2.32. The van der Waals surface area contributed by atoms with Crippen molar-refractivity contribution in [3.05, 3.63) is 12.0 Å². The van der Waals surface area contributed by atoms with Crippen molar-refractivity contribution in [1.82, 2.24) is 9.97 Å². The monoisotopic (exact) mass is 236 g/mol. The van der Waals surface area contributed by atoms with Gasteiger partial charge in [-0.05, 0) is 6.92 Å². The zero-order chi connectivity index (χ0) is 12.4. The fraction of sp³-hybridized carbons (Fsp3) is 0.400. The van der Waals surface area contributed by atoms with Crippen LogP contribution >= 0.6 is 0 Å². The van der Waals surface area contributed by atoms with Crippen molar-refractivity contribution in [2.75, 3.05) is 17.7 Å². The number of nitrogens with zero attached hydrogens (tertiary/aromatic N) is 2. The van der Waals surface area contributed by atoms with Crippen LogP contribution in [-0.2, 0) is 14.3 Å². The Hall–Kier alpha value is -2.18. The maximum atomic E-state index is 11.7. The molecule has 0 saturated carbocycles. The number of anilines is 2. The zero-order valence-corrected chi connectivity index (χ0v) is 9.48. The molecule has 1 aliphatic heterocycles. The van der Waals surface area contributed by atoms with Gasteiger partial charge >= 0.3 is 5.97 Å². The summed E-state index contributed by atoms with van der Waals surface area (Å²) < 4.78 is 4.52. The van der Waals surface area contributed by atoms with Gasteiger partial charge in [-0.15, -0.1) is 0 Å². The molecule has 1 amide bonds. The van der Waals surface area contributed by atoms with Crippen molar-refractivity contribution in [1.29, 1.82) is 0 Å². The Kier molecular flexibility index (Phi) is 2.90. The summed E-state index contributed by atoms with van der Waals surface area (Å²) in [6.07, 6.45) is 1.49. The first-order valence-electron chi connectivity index (χ1n) is 5.08. The topological polar surface area (TPSA) is 93.2 Å². The van der Waals surface area contributed by atoms with E-state index in [9.17, 15) is 9.59 Å². The molecule has 90 valence electrons.